The average molecular weight is 166 g/mol. The van der Waals surface area contributed by atoms with Crippen molar-refractivity contribution in [2.24, 2.45) is 0 Å². The van der Waals surface area contributed by atoms with Crippen LogP contribution in [0.15, 0.2) is 24.3 Å². The van der Waals surface area contributed by atoms with Crippen LogP contribution in [-0.2, 0) is 0 Å². The molecular formula is C12H22. The van der Waals surface area contributed by atoms with Crippen LogP contribution in [0.2, 0.25) is 0 Å². The van der Waals surface area contributed by atoms with Gasteiger partial charge in [-0.3, -0.25) is 0 Å². The molecule has 0 spiro atoms. The number of hydrogen-bond donors (Lipinski definition) is 0. The van der Waals surface area contributed by atoms with E-state index in [4.69, 9.17) is 0 Å². The van der Waals surface area contributed by atoms with Crippen LogP contribution in [0.25, 0.3) is 0 Å². The maximum Gasteiger partial charge on any atom is -0.0316 e. The number of allylic oxidation sites excluding steroid dienone is 4. The summed E-state index contributed by atoms with van der Waals surface area (Å²) >= 11 is 0. The van der Waals surface area contributed by atoms with Gasteiger partial charge in [0.2, 0.25) is 0 Å². The average Bonchev–Trinajstić information content (AvgIpc) is 2.10. The molecule has 0 saturated carbocycles. The molecule has 0 atom stereocenters. The molecule has 0 aliphatic heterocycles. The number of rotatable bonds is 7. The van der Waals surface area contributed by atoms with Crippen molar-refractivity contribution < 1.29 is 0 Å². The van der Waals surface area contributed by atoms with Gasteiger partial charge in [-0.05, 0) is 25.7 Å². The largest absolute Gasteiger partial charge is 0.0888 e. The van der Waals surface area contributed by atoms with Crippen molar-refractivity contribution in [2.75, 3.05) is 0 Å². The second-order valence-corrected chi connectivity index (χ2v) is 3.07. The molecule has 0 aliphatic carbocycles. The van der Waals surface area contributed by atoms with E-state index in [1.54, 1.807) is 0 Å². The van der Waals surface area contributed by atoms with E-state index in [-0.39, 0.29) is 0 Å². The summed E-state index contributed by atoms with van der Waals surface area (Å²) in [7, 11) is 0. The lowest BCUT2D eigenvalue weighted by Crippen LogP contribution is -1.68. The fourth-order valence-corrected chi connectivity index (χ4v) is 1.03. The Morgan fingerprint density at radius 2 is 1.33 bits per heavy atom. The topological polar surface area (TPSA) is 0 Å². The molecule has 0 fully saturated rings. The fraction of sp³-hybridized carbons (Fsp3) is 0.667. The monoisotopic (exact) mass is 166 g/mol. The summed E-state index contributed by atoms with van der Waals surface area (Å²) in [4.78, 5) is 0. The molecule has 0 rings (SSSR count). The van der Waals surface area contributed by atoms with Crippen LogP contribution in [-0.4, -0.2) is 0 Å². The Labute approximate surface area is 77.4 Å². The first-order valence-electron chi connectivity index (χ1n) is 5.21. The molecule has 0 heterocycles. The molecule has 0 saturated heterocycles. The molecule has 0 amide bonds. The highest BCUT2D eigenvalue weighted by Crippen LogP contribution is 1.98. The number of hydrogen-bond acceptors (Lipinski definition) is 0. The van der Waals surface area contributed by atoms with E-state index in [0.29, 0.717) is 0 Å². The molecule has 0 aromatic heterocycles. The lowest BCUT2D eigenvalue weighted by Gasteiger charge is -1.88. The normalized spacial score (nSPS) is 11.8. The van der Waals surface area contributed by atoms with Gasteiger partial charge in [0.05, 0.1) is 0 Å². The van der Waals surface area contributed by atoms with Crippen molar-refractivity contribution >= 4 is 0 Å². The molecule has 12 heavy (non-hydrogen) atoms. The summed E-state index contributed by atoms with van der Waals surface area (Å²) in [5.41, 5.74) is 0. The van der Waals surface area contributed by atoms with Gasteiger partial charge in [-0.1, -0.05) is 51.0 Å². The minimum Gasteiger partial charge on any atom is -0.0888 e. The van der Waals surface area contributed by atoms with Gasteiger partial charge in [0, 0.05) is 0 Å². The van der Waals surface area contributed by atoms with E-state index in [9.17, 15) is 0 Å². The van der Waals surface area contributed by atoms with Crippen molar-refractivity contribution in [3.63, 3.8) is 0 Å². The standard InChI is InChI=1S/C12H22/c1-3-5-7-9-11-12-10-8-6-4-2/h5,7,10,12H,3-4,6,8-9,11H2,1-2H3/b7-5+,12-10+. The summed E-state index contributed by atoms with van der Waals surface area (Å²) in [6.07, 6.45) is 16.6. The highest BCUT2D eigenvalue weighted by molar-refractivity contribution is 4.87. The first kappa shape index (κ1) is 11.5. The first-order valence-corrected chi connectivity index (χ1v) is 5.21. The maximum absolute atomic E-state index is 2.31. The molecule has 0 bridgehead atoms. The Kier molecular flexibility index (Phi) is 10.0. The third-order valence-electron chi connectivity index (χ3n) is 1.79. The van der Waals surface area contributed by atoms with Gasteiger partial charge in [-0.25, -0.2) is 0 Å². The molecule has 0 N–H and O–H groups in total. The summed E-state index contributed by atoms with van der Waals surface area (Å²) in [5, 5.41) is 0. The number of unbranched alkanes of at least 4 members (excludes halogenated alkanes) is 3. The van der Waals surface area contributed by atoms with Crippen molar-refractivity contribution in [3.8, 4) is 0 Å². The van der Waals surface area contributed by atoms with E-state index in [2.05, 4.69) is 38.2 Å². The van der Waals surface area contributed by atoms with Crippen LogP contribution < -0.4 is 0 Å². The predicted molar refractivity (Wildman–Crippen MR) is 57.3 cm³/mol. The van der Waals surface area contributed by atoms with Gasteiger partial charge in [-0.2, -0.15) is 0 Å². The Hall–Kier alpha value is -0.520. The Balaban J connectivity index is 3.07. The molecule has 0 unspecified atom stereocenters. The summed E-state index contributed by atoms with van der Waals surface area (Å²) in [6, 6.07) is 0. The third-order valence-corrected chi connectivity index (χ3v) is 1.79. The minimum absolute atomic E-state index is 1.17. The zero-order valence-corrected chi connectivity index (χ0v) is 8.55. The Bertz CT molecular complexity index is 120. The van der Waals surface area contributed by atoms with E-state index in [1.165, 1.54) is 38.5 Å². The van der Waals surface area contributed by atoms with Crippen molar-refractivity contribution in [3.05, 3.63) is 24.3 Å². The van der Waals surface area contributed by atoms with Gasteiger partial charge >= 0.3 is 0 Å². The molecule has 70 valence electrons. The van der Waals surface area contributed by atoms with E-state index in [0.717, 1.165) is 0 Å². The zero-order chi connectivity index (χ0) is 9.07. The fourth-order valence-electron chi connectivity index (χ4n) is 1.03. The maximum atomic E-state index is 2.31. The smallest absolute Gasteiger partial charge is 0.0316 e. The summed E-state index contributed by atoms with van der Waals surface area (Å²) in [5.74, 6) is 0. The Morgan fingerprint density at radius 1 is 0.750 bits per heavy atom. The first-order chi connectivity index (χ1) is 5.91. The van der Waals surface area contributed by atoms with Gasteiger partial charge in [0.1, 0.15) is 0 Å². The Morgan fingerprint density at radius 3 is 1.92 bits per heavy atom. The summed E-state index contributed by atoms with van der Waals surface area (Å²) in [6.45, 7) is 4.41. The predicted octanol–water partition coefficient (Wildman–Crippen LogP) is 4.48. The van der Waals surface area contributed by atoms with Crippen molar-refractivity contribution in [2.45, 2.75) is 52.4 Å². The van der Waals surface area contributed by atoms with Crippen molar-refractivity contribution in [1.82, 2.24) is 0 Å². The molecule has 0 nitrogen and oxygen atoms in total. The second-order valence-electron chi connectivity index (χ2n) is 3.07. The van der Waals surface area contributed by atoms with Crippen LogP contribution in [0, 0.1) is 0 Å². The van der Waals surface area contributed by atoms with Crippen LogP contribution in [0.4, 0.5) is 0 Å². The van der Waals surface area contributed by atoms with Gasteiger partial charge in [-0.15, -0.1) is 0 Å². The van der Waals surface area contributed by atoms with E-state index < -0.39 is 0 Å². The summed E-state index contributed by atoms with van der Waals surface area (Å²) < 4.78 is 0. The SMILES string of the molecule is CC/C=C/CC/C=C/CCCC. The van der Waals surface area contributed by atoms with Crippen LogP contribution in [0.5, 0.6) is 0 Å². The molecule has 0 aliphatic rings. The van der Waals surface area contributed by atoms with Gasteiger partial charge in [0.25, 0.3) is 0 Å². The van der Waals surface area contributed by atoms with Crippen LogP contribution in [0.3, 0.4) is 0 Å². The van der Waals surface area contributed by atoms with Crippen LogP contribution in [0.1, 0.15) is 52.4 Å². The van der Waals surface area contributed by atoms with Gasteiger partial charge in [0.15, 0.2) is 0 Å². The molecule has 0 heteroatoms. The molecule has 0 radical (unpaired) electrons. The van der Waals surface area contributed by atoms with E-state index in [1.807, 2.05) is 0 Å². The van der Waals surface area contributed by atoms with Crippen LogP contribution >= 0.6 is 0 Å². The molecule has 0 aromatic carbocycles. The third kappa shape index (κ3) is 9.48. The second kappa shape index (κ2) is 10.5. The lowest BCUT2D eigenvalue weighted by atomic mass is 10.2. The quantitative estimate of drug-likeness (QED) is 0.386. The molecular weight excluding hydrogens is 144 g/mol. The minimum atomic E-state index is 1.17. The highest BCUT2D eigenvalue weighted by Gasteiger charge is 1.78. The lowest BCUT2D eigenvalue weighted by molar-refractivity contribution is 0.811. The van der Waals surface area contributed by atoms with Crippen molar-refractivity contribution in [1.29, 1.82) is 0 Å². The van der Waals surface area contributed by atoms with E-state index >= 15 is 0 Å². The highest BCUT2D eigenvalue weighted by atomic mass is 13.8. The zero-order valence-electron chi connectivity index (χ0n) is 8.55. The molecule has 0 aromatic rings. The van der Waals surface area contributed by atoms with Gasteiger partial charge < -0.3 is 0 Å².